The summed E-state index contributed by atoms with van der Waals surface area (Å²) in [5.41, 5.74) is -2.10. The molecule has 1 aliphatic heterocycles. The van der Waals surface area contributed by atoms with Gasteiger partial charge in [0.1, 0.15) is 0 Å². The summed E-state index contributed by atoms with van der Waals surface area (Å²) in [5.74, 6) is -2.17. The Hall–Kier alpha value is -1.18. The number of aliphatic carboxylic acids is 1. The minimum atomic E-state index is -2.10. The van der Waals surface area contributed by atoms with Crippen LogP contribution in [0.4, 0.5) is 0 Å². The lowest BCUT2D eigenvalue weighted by atomic mass is 9.90. The molecule has 0 saturated carbocycles. The van der Waals surface area contributed by atoms with Gasteiger partial charge < -0.3 is 25.0 Å². The van der Waals surface area contributed by atoms with E-state index in [2.05, 4.69) is 5.32 Å². The first-order chi connectivity index (χ1) is 9.00. The number of nitrogens with one attached hydrogen (secondary N) is 1. The number of carbonyl (C=O) groups is 2. The van der Waals surface area contributed by atoms with Crippen LogP contribution in [-0.2, 0) is 19.1 Å². The summed E-state index contributed by atoms with van der Waals surface area (Å²) in [4.78, 5) is 22.8. The van der Waals surface area contributed by atoms with Gasteiger partial charge in [0.2, 0.25) is 0 Å². The molecule has 3 N–H and O–H groups in total. The molecule has 7 nitrogen and oxygen atoms in total. The van der Waals surface area contributed by atoms with Crippen molar-refractivity contribution in [2.75, 3.05) is 26.4 Å². The van der Waals surface area contributed by atoms with Crippen LogP contribution in [-0.4, -0.2) is 60.2 Å². The molecule has 0 aliphatic carbocycles. The number of unbranched alkanes of at least 4 members (excludes halogenated alkanes) is 1. The van der Waals surface area contributed by atoms with Crippen LogP contribution in [0.1, 0.15) is 26.2 Å². The topological polar surface area (TPSA) is 105 Å². The molecule has 0 amide bonds. The van der Waals surface area contributed by atoms with E-state index in [1.54, 1.807) is 0 Å². The van der Waals surface area contributed by atoms with E-state index in [-0.39, 0.29) is 13.2 Å². The number of carboxylic acids is 1. The number of morpholine rings is 1. The second-order valence-corrected chi connectivity index (χ2v) is 4.57. The third-order valence-electron chi connectivity index (χ3n) is 3.00. The van der Waals surface area contributed by atoms with Gasteiger partial charge in [0.05, 0.1) is 32.3 Å². The largest absolute Gasteiger partial charge is 0.481 e. The second-order valence-electron chi connectivity index (χ2n) is 4.57. The third kappa shape index (κ3) is 4.45. The Labute approximate surface area is 111 Å². The molecule has 0 bridgehead atoms. The number of rotatable bonds is 7. The molecule has 1 rings (SSSR count). The van der Waals surface area contributed by atoms with E-state index >= 15 is 0 Å². The molecule has 1 heterocycles. The zero-order valence-corrected chi connectivity index (χ0v) is 11.1. The van der Waals surface area contributed by atoms with E-state index < -0.39 is 30.0 Å². The standard InChI is InChI=1S/C12H21NO6/c1-2-3-5-19-11(16)12(17,7-10(14)15)9-8-18-6-4-13-9/h9,13,17H,2-8H2,1H3,(H,14,15). The maximum absolute atomic E-state index is 11.9. The quantitative estimate of drug-likeness (QED) is 0.426. The minimum absolute atomic E-state index is 0.0760. The zero-order valence-electron chi connectivity index (χ0n) is 11.1. The van der Waals surface area contributed by atoms with E-state index in [1.807, 2.05) is 6.92 Å². The number of carbonyl (C=O) groups excluding carboxylic acids is 1. The highest BCUT2D eigenvalue weighted by atomic mass is 16.6. The van der Waals surface area contributed by atoms with Gasteiger partial charge in [-0.25, -0.2) is 4.79 Å². The Kier molecular flexibility index (Phi) is 6.20. The van der Waals surface area contributed by atoms with Crippen LogP contribution in [0.2, 0.25) is 0 Å². The smallest absolute Gasteiger partial charge is 0.340 e. The van der Waals surface area contributed by atoms with Gasteiger partial charge in [0.15, 0.2) is 5.60 Å². The summed E-state index contributed by atoms with van der Waals surface area (Å²) in [6.45, 7) is 3.10. The molecule has 0 aromatic carbocycles. The van der Waals surface area contributed by atoms with E-state index in [1.165, 1.54) is 0 Å². The molecule has 2 atom stereocenters. The van der Waals surface area contributed by atoms with Crippen molar-refractivity contribution in [2.45, 2.75) is 37.8 Å². The van der Waals surface area contributed by atoms with Gasteiger partial charge in [-0.2, -0.15) is 0 Å². The lowest BCUT2D eigenvalue weighted by molar-refractivity contribution is -0.178. The van der Waals surface area contributed by atoms with Crippen molar-refractivity contribution in [3.63, 3.8) is 0 Å². The summed E-state index contributed by atoms with van der Waals surface area (Å²) in [6, 6.07) is -0.772. The number of ether oxygens (including phenoxy) is 2. The van der Waals surface area contributed by atoms with Gasteiger partial charge >= 0.3 is 11.9 Å². The van der Waals surface area contributed by atoms with Gasteiger partial charge in [-0.05, 0) is 6.42 Å². The van der Waals surface area contributed by atoms with E-state index in [9.17, 15) is 14.7 Å². The number of hydrogen-bond acceptors (Lipinski definition) is 6. The van der Waals surface area contributed by atoms with Crippen LogP contribution in [0.3, 0.4) is 0 Å². The average molecular weight is 275 g/mol. The second kappa shape index (κ2) is 7.42. The van der Waals surface area contributed by atoms with Gasteiger partial charge in [0, 0.05) is 6.54 Å². The summed E-state index contributed by atoms with van der Waals surface area (Å²) < 4.78 is 10.1. The molecule has 0 radical (unpaired) electrons. The normalized spacial score (nSPS) is 22.5. The van der Waals surface area contributed by atoms with Crippen LogP contribution in [0, 0.1) is 0 Å². The number of esters is 1. The molecule has 0 spiro atoms. The minimum Gasteiger partial charge on any atom is -0.481 e. The average Bonchev–Trinajstić information content (AvgIpc) is 2.39. The first-order valence-electron chi connectivity index (χ1n) is 6.43. The maximum Gasteiger partial charge on any atom is 0.340 e. The van der Waals surface area contributed by atoms with Crippen molar-refractivity contribution in [3.8, 4) is 0 Å². The predicted molar refractivity (Wildman–Crippen MR) is 65.7 cm³/mol. The van der Waals surface area contributed by atoms with Crippen LogP contribution >= 0.6 is 0 Å². The first-order valence-corrected chi connectivity index (χ1v) is 6.43. The highest BCUT2D eigenvalue weighted by Crippen LogP contribution is 2.20. The molecular weight excluding hydrogens is 254 g/mol. The third-order valence-corrected chi connectivity index (χ3v) is 3.00. The molecule has 1 fully saturated rings. The Balaban J connectivity index is 2.72. The van der Waals surface area contributed by atoms with Crippen molar-refractivity contribution in [3.05, 3.63) is 0 Å². The molecule has 7 heteroatoms. The van der Waals surface area contributed by atoms with Crippen molar-refractivity contribution in [2.24, 2.45) is 0 Å². The molecular formula is C12H21NO6. The van der Waals surface area contributed by atoms with Crippen LogP contribution < -0.4 is 5.32 Å². The van der Waals surface area contributed by atoms with Crippen LogP contribution in [0.25, 0.3) is 0 Å². The summed E-state index contributed by atoms with van der Waals surface area (Å²) in [6.07, 6.45) is 0.803. The van der Waals surface area contributed by atoms with Crippen molar-refractivity contribution in [1.82, 2.24) is 5.32 Å². The SMILES string of the molecule is CCCCOC(=O)C(O)(CC(=O)O)C1COCCN1. The Morgan fingerprint density at radius 2 is 2.26 bits per heavy atom. The summed E-state index contributed by atoms with van der Waals surface area (Å²) >= 11 is 0. The van der Waals surface area contributed by atoms with E-state index in [0.717, 1.165) is 6.42 Å². The fraction of sp³-hybridized carbons (Fsp3) is 0.833. The Morgan fingerprint density at radius 1 is 1.53 bits per heavy atom. The highest BCUT2D eigenvalue weighted by Gasteiger charge is 2.48. The lowest BCUT2D eigenvalue weighted by Crippen LogP contribution is -2.62. The van der Waals surface area contributed by atoms with E-state index in [4.69, 9.17) is 14.6 Å². The number of hydrogen-bond donors (Lipinski definition) is 3. The maximum atomic E-state index is 11.9. The monoisotopic (exact) mass is 275 g/mol. The molecule has 0 aromatic heterocycles. The van der Waals surface area contributed by atoms with Crippen LogP contribution in [0.5, 0.6) is 0 Å². The van der Waals surface area contributed by atoms with Gasteiger partial charge in [0.25, 0.3) is 0 Å². The van der Waals surface area contributed by atoms with E-state index in [0.29, 0.717) is 19.6 Å². The lowest BCUT2D eigenvalue weighted by Gasteiger charge is -2.35. The molecule has 110 valence electrons. The summed E-state index contributed by atoms with van der Waals surface area (Å²) in [7, 11) is 0. The van der Waals surface area contributed by atoms with Gasteiger partial charge in [-0.3, -0.25) is 4.79 Å². The highest BCUT2D eigenvalue weighted by molar-refractivity contribution is 5.86. The van der Waals surface area contributed by atoms with Crippen molar-refractivity contribution in [1.29, 1.82) is 0 Å². The Bertz CT molecular complexity index is 315. The predicted octanol–water partition coefficient (Wildman–Crippen LogP) is -0.476. The van der Waals surface area contributed by atoms with Crippen LogP contribution in [0.15, 0.2) is 0 Å². The summed E-state index contributed by atoms with van der Waals surface area (Å²) in [5, 5.41) is 22.1. The van der Waals surface area contributed by atoms with Crippen molar-refractivity contribution >= 4 is 11.9 Å². The zero-order chi connectivity index (χ0) is 14.3. The number of carboxylic acid groups (broad SMARTS) is 1. The van der Waals surface area contributed by atoms with Crippen molar-refractivity contribution < 1.29 is 29.3 Å². The molecule has 0 aromatic rings. The molecule has 19 heavy (non-hydrogen) atoms. The first kappa shape index (κ1) is 15.9. The number of aliphatic hydroxyl groups is 1. The fourth-order valence-corrected chi connectivity index (χ4v) is 1.87. The molecule has 1 aliphatic rings. The fourth-order valence-electron chi connectivity index (χ4n) is 1.87. The van der Waals surface area contributed by atoms with Gasteiger partial charge in [-0.15, -0.1) is 0 Å². The Morgan fingerprint density at radius 3 is 2.79 bits per heavy atom. The molecule has 2 unspecified atom stereocenters. The van der Waals surface area contributed by atoms with Gasteiger partial charge in [-0.1, -0.05) is 13.3 Å². The molecule has 1 saturated heterocycles.